The molecule has 1 fully saturated rings. The summed E-state index contributed by atoms with van der Waals surface area (Å²) in [5.41, 5.74) is 0. The van der Waals surface area contributed by atoms with Crippen LogP contribution in [0.15, 0.2) is 16.5 Å². The van der Waals surface area contributed by atoms with Crippen LogP contribution in [-0.2, 0) is 6.54 Å². The Balaban J connectivity index is 1.57. The molecule has 2 rings (SSSR count). The molecule has 0 amide bonds. The van der Waals surface area contributed by atoms with Crippen LogP contribution in [0.3, 0.4) is 0 Å². The Kier molecular flexibility index (Phi) is 4.93. The summed E-state index contributed by atoms with van der Waals surface area (Å²) >= 11 is 5.71. The molecule has 1 N–H and O–H groups in total. The maximum Gasteiger partial charge on any atom is 0.193 e. The monoisotopic (exact) mass is 255 g/mol. The molecule has 1 aromatic heterocycles. The lowest BCUT2D eigenvalue weighted by molar-refractivity contribution is 0.274. The van der Waals surface area contributed by atoms with E-state index >= 15 is 0 Å². The van der Waals surface area contributed by atoms with E-state index < -0.39 is 0 Å². The van der Waals surface area contributed by atoms with Gasteiger partial charge < -0.3 is 9.73 Å². The topological polar surface area (TPSA) is 25.2 Å². The second-order valence-electron chi connectivity index (χ2n) is 5.30. The fourth-order valence-corrected chi connectivity index (χ4v) is 2.74. The lowest BCUT2D eigenvalue weighted by atomic mass is 9.81. The van der Waals surface area contributed by atoms with Crippen LogP contribution in [-0.4, -0.2) is 6.54 Å². The molecule has 1 heterocycles. The van der Waals surface area contributed by atoms with Crippen LogP contribution >= 0.6 is 11.6 Å². The second-order valence-corrected chi connectivity index (χ2v) is 5.67. The van der Waals surface area contributed by atoms with Crippen molar-refractivity contribution in [1.29, 1.82) is 0 Å². The van der Waals surface area contributed by atoms with Gasteiger partial charge in [-0.3, -0.25) is 0 Å². The quantitative estimate of drug-likeness (QED) is 0.797. The first-order valence-electron chi connectivity index (χ1n) is 6.69. The van der Waals surface area contributed by atoms with Crippen LogP contribution in [0.1, 0.15) is 44.8 Å². The number of rotatable bonds is 5. The van der Waals surface area contributed by atoms with Crippen molar-refractivity contribution in [2.45, 2.75) is 45.6 Å². The van der Waals surface area contributed by atoms with Crippen molar-refractivity contribution in [1.82, 2.24) is 5.32 Å². The van der Waals surface area contributed by atoms with E-state index in [1.807, 2.05) is 6.07 Å². The highest BCUT2D eigenvalue weighted by Crippen LogP contribution is 2.29. The van der Waals surface area contributed by atoms with E-state index in [1.165, 1.54) is 32.1 Å². The van der Waals surface area contributed by atoms with Gasteiger partial charge in [-0.05, 0) is 48.5 Å². The molecular formula is C14H22ClNO. The fraction of sp³-hybridized carbons (Fsp3) is 0.714. The molecule has 0 unspecified atom stereocenters. The SMILES string of the molecule is CC1CCC(CCNCc2ccc(Cl)o2)CC1. The number of hydrogen-bond donors (Lipinski definition) is 1. The Bertz CT molecular complexity index is 329. The van der Waals surface area contributed by atoms with E-state index in [-0.39, 0.29) is 0 Å². The first-order chi connectivity index (χ1) is 8.24. The molecule has 1 aliphatic rings. The van der Waals surface area contributed by atoms with E-state index in [2.05, 4.69) is 12.2 Å². The Morgan fingerprint density at radius 2 is 2.06 bits per heavy atom. The minimum Gasteiger partial charge on any atom is -0.448 e. The summed E-state index contributed by atoms with van der Waals surface area (Å²) < 4.78 is 5.29. The van der Waals surface area contributed by atoms with Crippen molar-refractivity contribution in [3.63, 3.8) is 0 Å². The third-order valence-electron chi connectivity index (χ3n) is 3.79. The van der Waals surface area contributed by atoms with Crippen LogP contribution in [0, 0.1) is 11.8 Å². The molecule has 1 aromatic rings. The van der Waals surface area contributed by atoms with Crippen molar-refractivity contribution < 1.29 is 4.42 Å². The largest absolute Gasteiger partial charge is 0.448 e. The van der Waals surface area contributed by atoms with Gasteiger partial charge in [0.05, 0.1) is 6.54 Å². The van der Waals surface area contributed by atoms with Gasteiger partial charge in [0.1, 0.15) is 5.76 Å². The average Bonchev–Trinajstić information content (AvgIpc) is 2.73. The summed E-state index contributed by atoms with van der Waals surface area (Å²) in [6.07, 6.45) is 6.95. The normalized spacial score (nSPS) is 25.1. The molecule has 1 aliphatic carbocycles. The molecule has 0 aliphatic heterocycles. The van der Waals surface area contributed by atoms with Gasteiger partial charge in [-0.15, -0.1) is 0 Å². The van der Waals surface area contributed by atoms with Gasteiger partial charge >= 0.3 is 0 Å². The Morgan fingerprint density at radius 1 is 1.29 bits per heavy atom. The summed E-state index contributed by atoms with van der Waals surface area (Å²) in [6, 6.07) is 3.72. The van der Waals surface area contributed by atoms with Crippen molar-refractivity contribution in [3.05, 3.63) is 23.1 Å². The van der Waals surface area contributed by atoms with Gasteiger partial charge in [0, 0.05) is 0 Å². The highest BCUT2D eigenvalue weighted by Gasteiger charge is 2.17. The van der Waals surface area contributed by atoms with Crippen LogP contribution in [0.25, 0.3) is 0 Å². The van der Waals surface area contributed by atoms with Gasteiger partial charge in [0.25, 0.3) is 0 Å². The van der Waals surface area contributed by atoms with E-state index in [1.54, 1.807) is 6.07 Å². The highest BCUT2D eigenvalue weighted by molar-refractivity contribution is 6.28. The van der Waals surface area contributed by atoms with E-state index in [9.17, 15) is 0 Å². The smallest absolute Gasteiger partial charge is 0.193 e. The number of hydrogen-bond acceptors (Lipinski definition) is 2. The van der Waals surface area contributed by atoms with Crippen LogP contribution in [0.4, 0.5) is 0 Å². The third kappa shape index (κ3) is 4.36. The maximum atomic E-state index is 5.71. The number of nitrogens with one attached hydrogen (secondary N) is 1. The first kappa shape index (κ1) is 13.0. The molecule has 96 valence electrons. The Hall–Kier alpha value is -0.470. The molecule has 0 bridgehead atoms. The van der Waals surface area contributed by atoms with Gasteiger partial charge in [-0.2, -0.15) is 0 Å². The van der Waals surface area contributed by atoms with Crippen LogP contribution in [0.5, 0.6) is 0 Å². The minimum absolute atomic E-state index is 0.475. The average molecular weight is 256 g/mol. The molecule has 1 saturated carbocycles. The number of furan rings is 1. The Labute approximate surface area is 109 Å². The minimum atomic E-state index is 0.475. The highest BCUT2D eigenvalue weighted by atomic mass is 35.5. The van der Waals surface area contributed by atoms with Gasteiger partial charge in [-0.1, -0.05) is 32.6 Å². The second kappa shape index (κ2) is 6.46. The maximum absolute atomic E-state index is 5.71. The van der Waals surface area contributed by atoms with Crippen molar-refractivity contribution >= 4 is 11.6 Å². The van der Waals surface area contributed by atoms with Crippen LogP contribution in [0.2, 0.25) is 5.22 Å². The molecule has 0 atom stereocenters. The van der Waals surface area contributed by atoms with Gasteiger partial charge in [0.2, 0.25) is 0 Å². The molecule has 17 heavy (non-hydrogen) atoms. The predicted octanol–water partition coefficient (Wildman–Crippen LogP) is 4.24. The number of halogens is 1. The fourth-order valence-electron chi connectivity index (χ4n) is 2.58. The van der Waals surface area contributed by atoms with Crippen molar-refractivity contribution in [2.24, 2.45) is 11.8 Å². The zero-order valence-electron chi connectivity index (χ0n) is 10.5. The standard InChI is InChI=1S/C14H22ClNO/c1-11-2-4-12(5-3-11)8-9-16-10-13-6-7-14(15)17-13/h6-7,11-12,16H,2-5,8-10H2,1H3. The molecule has 3 heteroatoms. The molecule has 0 aromatic carbocycles. The summed E-state index contributed by atoms with van der Waals surface area (Å²) in [6.45, 7) is 4.24. The van der Waals surface area contributed by atoms with Gasteiger partial charge in [0.15, 0.2) is 5.22 Å². The molecular weight excluding hydrogens is 234 g/mol. The zero-order valence-corrected chi connectivity index (χ0v) is 11.3. The Morgan fingerprint density at radius 3 is 2.71 bits per heavy atom. The summed E-state index contributed by atoms with van der Waals surface area (Å²) in [5, 5.41) is 3.90. The van der Waals surface area contributed by atoms with E-state index in [0.717, 1.165) is 30.7 Å². The first-order valence-corrected chi connectivity index (χ1v) is 7.07. The van der Waals surface area contributed by atoms with Crippen molar-refractivity contribution in [2.75, 3.05) is 6.54 Å². The molecule has 0 saturated heterocycles. The lowest BCUT2D eigenvalue weighted by Crippen LogP contribution is -2.20. The summed E-state index contributed by atoms with van der Waals surface area (Å²) in [4.78, 5) is 0. The molecule has 2 nitrogen and oxygen atoms in total. The predicted molar refractivity (Wildman–Crippen MR) is 71.2 cm³/mol. The zero-order chi connectivity index (χ0) is 12.1. The van der Waals surface area contributed by atoms with E-state index in [0.29, 0.717) is 5.22 Å². The molecule has 0 spiro atoms. The lowest BCUT2D eigenvalue weighted by Gasteiger charge is -2.26. The molecule has 0 radical (unpaired) electrons. The van der Waals surface area contributed by atoms with E-state index in [4.69, 9.17) is 16.0 Å². The van der Waals surface area contributed by atoms with Crippen LogP contribution < -0.4 is 5.32 Å². The summed E-state index contributed by atoms with van der Waals surface area (Å²) in [7, 11) is 0. The van der Waals surface area contributed by atoms with Gasteiger partial charge in [-0.25, -0.2) is 0 Å². The van der Waals surface area contributed by atoms with Crippen molar-refractivity contribution in [3.8, 4) is 0 Å². The summed E-state index contributed by atoms with van der Waals surface area (Å²) in [5.74, 6) is 2.80. The third-order valence-corrected chi connectivity index (χ3v) is 4.00.